The SMILES string of the molecule is OCC(c1ccccn1)C1(c2cccc(Cl)c2)CCC1. The van der Waals surface area contributed by atoms with Gasteiger partial charge in [0.25, 0.3) is 0 Å². The maximum Gasteiger partial charge on any atom is 0.0523 e. The van der Waals surface area contributed by atoms with Gasteiger partial charge in [-0.1, -0.05) is 36.2 Å². The van der Waals surface area contributed by atoms with Crippen molar-refractivity contribution in [3.8, 4) is 0 Å². The Labute approximate surface area is 124 Å². The summed E-state index contributed by atoms with van der Waals surface area (Å²) in [4.78, 5) is 4.45. The van der Waals surface area contributed by atoms with Crippen molar-refractivity contribution in [1.82, 2.24) is 4.98 Å². The van der Waals surface area contributed by atoms with Crippen LogP contribution in [-0.2, 0) is 5.41 Å². The molecule has 1 aliphatic rings. The predicted molar refractivity (Wildman–Crippen MR) is 81.0 cm³/mol. The highest BCUT2D eigenvalue weighted by atomic mass is 35.5. The summed E-state index contributed by atoms with van der Waals surface area (Å²) in [5, 5.41) is 10.7. The lowest BCUT2D eigenvalue weighted by atomic mass is 9.57. The quantitative estimate of drug-likeness (QED) is 0.924. The molecule has 0 amide bonds. The highest BCUT2D eigenvalue weighted by Gasteiger charge is 2.46. The molecule has 104 valence electrons. The van der Waals surface area contributed by atoms with Crippen LogP contribution in [0.3, 0.4) is 0 Å². The zero-order valence-electron chi connectivity index (χ0n) is 11.3. The van der Waals surface area contributed by atoms with Crippen molar-refractivity contribution in [2.45, 2.75) is 30.6 Å². The van der Waals surface area contributed by atoms with E-state index in [0.29, 0.717) is 0 Å². The molecule has 3 heteroatoms. The summed E-state index contributed by atoms with van der Waals surface area (Å²) < 4.78 is 0. The summed E-state index contributed by atoms with van der Waals surface area (Å²) in [5.41, 5.74) is 2.17. The van der Waals surface area contributed by atoms with Crippen LogP contribution in [0.1, 0.15) is 36.4 Å². The van der Waals surface area contributed by atoms with E-state index in [0.717, 1.165) is 23.6 Å². The molecule has 0 saturated heterocycles. The molecule has 1 N–H and O–H groups in total. The molecule has 1 saturated carbocycles. The van der Waals surface area contributed by atoms with Crippen molar-refractivity contribution in [1.29, 1.82) is 0 Å². The first-order valence-corrected chi connectivity index (χ1v) is 7.42. The largest absolute Gasteiger partial charge is 0.396 e. The van der Waals surface area contributed by atoms with Gasteiger partial charge in [-0.3, -0.25) is 4.98 Å². The van der Waals surface area contributed by atoms with Crippen LogP contribution in [0, 0.1) is 0 Å². The second-order valence-corrected chi connectivity index (χ2v) is 5.95. The fourth-order valence-electron chi connectivity index (χ4n) is 3.33. The summed E-state index contributed by atoms with van der Waals surface area (Å²) >= 11 is 6.15. The van der Waals surface area contributed by atoms with Gasteiger partial charge in [-0.2, -0.15) is 0 Å². The first-order valence-electron chi connectivity index (χ1n) is 7.04. The summed E-state index contributed by atoms with van der Waals surface area (Å²) in [6, 6.07) is 13.9. The maximum atomic E-state index is 9.94. The summed E-state index contributed by atoms with van der Waals surface area (Å²) in [6.45, 7) is 0.115. The lowest BCUT2D eigenvalue weighted by Crippen LogP contribution is -2.42. The first kappa shape index (κ1) is 13.6. The van der Waals surface area contributed by atoms with Gasteiger partial charge in [0.15, 0.2) is 0 Å². The lowest BCUT2D eigenvalue weighted by Gasteiger charge is -2.47. The van der Waals surface area contributed by atoms with Crippen LogP contribution < -0.4 is 0 Å². The Hall–Kier alpha value is -1.38. The molecule has 1 atom stereocenters. The van der Waals surface area contributed by atoms with Gasteiger partial charge in [0.05, 0.1) is 6.61 Å². The smallest absolute Gasteiger partial charge is 0.0523 e. The van der Waals surface area contributed by atoms with Gasteiger partial charge in [0.2, 0.25) is 0 Å². The molecule has 1 aromatic carbocycles. The zero-order chi connectivity index (χ0) is 14.0. The average molecular weight is 288 g/mol. The van der Waals surface area contributed by atoms with Gasteiger partial charge >= 0.3 is 0 Å². The van der Waals surface area contributed by atoms with Crippen LogP contribution in [0.25, 0.3) is 0 Å². The second-order valence-electron chi connectivity index (χ2n) is 5.51. The fourth-order valence-corrected chi connectivity index (χ4v) is 3.52. The summed E-state index contributed by atoms with van der Waals surface area (Å²) in [5.74, 6) is 0.0379. The van der Waals surface area contributed by atoms with Crippen molar-refractivity contribution in [2.24, 2.45) is 0 Å². The third-order valence-electron chi connectivity index (χ3n) is 4.54. The van der Waals surface area contributed by atoms with E-state index >= 15 is 0 Å². The molecule has 3 rings (SSSR count). The minimum Gasteiger partial charge on any atom is -0.396 e. The number of hydrogen-bond acceptors (Lipinski definition) is 2. The van der Waals surface area contributed by atoms with E-state index in [1.165, 1.54) is 12.0 Å². The molecule has 0 aliphatic heterocycles. The van der Waals surface area contributed by atoms with E-state index in [-0.39, 0.29) is 17.9 Å². The molecule has 0 radical (unpaired) electrons. The standard InChI is InChI=1S/C17H18ClNO/c18-14-6-3-5-13(11-14)17(8-4-9-17)15(12-20)16-7-1-2-10-19-16/h1-3,5-7,10-11,15,20H,4,8-9,12H2. The fraction of sp³-hybridized carbons (Fsp3) is 0.353. The number of rotatable bonds is 4. The molecule has 1 fully saturated rings. The average Bonchev–Trinajstić information content (AvgIpc) is 2.43. The van der Waals surface area contributed by atoms with Crippen molar-refractivity contribution < 1.29 is 5.11 Å². The number of aliphatic hydroxyl groups excluding tert-OH is 1. The van der Waals surface area contributed by atoms with Crippen LogP contribution >= 0.6 is 11.6 Å². The lowest BCUT2D eigenvalue weighted by molar-refractivity contribution is 0.131. The molecule has 1 aliphatic carbocycles. The van der Waals surface area contributed by atoms with Crippen molar-refractivity contribution in [2.75, 3.05) is 6.61 Å². The zero-order valence-corrected chi connectivity index (χ0v) is 12.1. The summed E-state index contributed by atoms with van der Waals surface area (Å²) in [6.07, 6.45) is 5.14. The predicted octanol–water partition coefficient (Wildman–Crippen LogP) is 3.93. The number of pyridine rings is 1. The highest BCUT2D eigenvalue weighted by Crippen LogP contribution is 2.53. The highest BCUT2D eigenvalue weighted by molar-refractivity contribution is 6.30. The van der Waals surface area contributed by atoms with Gasteiger partial charge in [-0.15, -0.1) is 0 Å². The Morgan fingerprint density at radius 2 is 2.05 bits per heavy atom. The number of nitrogens with zero attached hydrogens (tertiary/aromatic N) is 1. The molecule has 0 bridgehead atoms. The van der Waals surface area contributed by atoms with Crippen molar-refractivity contribution >= 4 is 11.6 Å². The molecular weight excluding hydrogens is 270 g/mol. The van der Waals surface area contributed by atoms with Gasteiger partial charge in [-0.05, 0) is 42.7 Å². The molecular formula is C17H18ClNO. The molecule has 1 heterocycles. The Bertz CT molecular complexity index is 581. The molecule has 0 spiro atoms. The van der Waals surface area contributed by atoms with Crippen LogP contribution in [0.15, 0.2) is 48.7 Å². The van der Waals surface area contributed by atoms with Gasteiger partial charge in [-0.25, -0.2) is 0 Å². The van der Waals surface area contributed by atoms with E-state index in [1.54, 1.807) is 6.20 Å². The van der Waals surface area contributed by atoms with Gasteiger partial charge < -0.3 is 5.11 Å². The Kier molecular flexibility index (Phi) is 3.77. The minimum atomic E-state index is -0.0198. The number of benzene rings is 1. The first-order chi connectivity index (χ1) is 9.76. The van der Waals surface area contributed by atoms with E-state index in [4.69, 9.17) is 11.6 Å². The minimum absolute atomic E-state index is 0.0198. The normalized spacial score (nSPS) is 18.3. The van der Waals surface area contributed by atoms with Crippen LogP contribution in [0.5, 0.6) is 0 Å². The Balaban J connectivity index is 2.03. The van der Waals surface area contributed by atoms with E-state index in [1.807, 2.05) is 36.4 Å². The number of halogens is 1. The second kappa shape index (κ2) is 5.55. The topological polar surface area (TPSA) is 33.1 Å². The third kappa shape index (κ3) is 2.23. The van der Waals surface area contributed by atoms with Crippen molar-refractivity contribution in [3.05, 3.63) is 64.9 Å². The summed E-state index contributed by atoms with van der Waals surface area (Å²) in [7, 11) is 0. The Morgan fingerprint density at radius 1 is 1.20 bits per heavy atom. The molecule has 2 nitrogen and oxygen atoms in total. The number of aliphatic hydroxyl groups is 1. The van der Waals surface area contributed by atoms with E-state index in [9.17, 15) is 5.11 Å². The van der Waals surface area contributed by atoms with E-state index < -0.39 is 0 Å². The monoisotopic (exact) mass is 287 g/mol. The Morgan fingerprint density at radius 3 is 2.60 bits per heavy atom. The maximum absolute atomic E-state index is 9.94. The molecule has 2 aromatic rings. The van der Waals surface area contributed by atoms with Crippen LogP contribution in [-0.4, -0.2) is 16.7 Å². The van der Waals surface area contributed by atoms with Gasteiger partial charge in [0, 0.05) is 28.2 Å². The molecule has 1 aromatic heterocycles. The molecule has 20 heavy (non-hydrogen) atoms. The molecule has 1 unspecified atom stereocenters. The third-order valence-corrected chi connectivity index (χ3v) is 4.77. The number of hydrogen-bond donors (Lipinski definition) is 1. The van der Waals surface area contributed by atoms with Crippen LogP contribution in [0.4, 0.5) is 0 Å². The van der Waals surface area contributed by atoms with Crippen molar-refractivity contribution in [3.63, 3.8) is 0 Å². The van der Waals surface area contributed by atoms with Gasteiger partial charge in [0.1, 0.15) is 0 Å². The number of aromatic nitrogens is 1. The van der Waals surface area contributed by atoms with Crippen LogP contribution in [0.2, 0.25) is 5.02 Å². The van der Waals surface area contributed by atoms with E-state index in [2.05, 4.69) is 11.1 Å².